The van der Waals surface area contributed by atoms with Gasteiger partial charge in [0, 0.05) is 13.1 Å². The highest BCUT2D eigenvalue weighted by Crippen LogP contribution is 2.10. The number of thioether (sulfide) groups is 1. The molecule has 2 amide bonds. The Balaban J connectivity index is 2.26. The normalized spacial score (nSPS) is 10.7. The van der Waals surface area contributed by atoms with Gasteiger partial charge in [0.25, 0.3) is 0 Å². The Kier molecular flexibility index (Phi) is 7.28. The van der Waals surface area contributed by atoms with Crippen molar-refractivity contribution in [3.05, 3.63) is 11.8 Å². The minimum atomic E-state index is -0.286. The Morgan fingerprint density at radius 2 is 2.19 bits per heavy atom. The Morgan fingerprint density at radius 3 is 2.76 bits per heavy atom. The molecule has 0 bridgehead atoms. The van der Waals surface area contributed by atoms with Gasteiger partial charge < -0.3 is 14.7 Å². The maximum atomic E-state index is 11.9. The lowest BCUT2D eigenvalue weighted by atomic mass is 10.2. The molecule has 1 aromatic heterocycles. The number of carbonyl (C=O) groups is 2. The molecule has 0 saturated heterocycles. The number of aryl methyl sites for hydroxylation is 1. The molecule has 0 fully saturated rings. The van der Waals surface area contributed by atoms with Crippen LogP contribution in [0, 0.1) is 12.8 Å². The van der Waals surface area contributed by atoms with E-state index >= 15 is 0 Å². The average molecular weight is 313 g/mol. The van der Waals surface area contributed by atoms with Crippen LogP contribution in [-0.4, -0.2) is 47.0 Å². The molecule has 0 aliphatic heterocycles. The van der Waals surface area contributed by atoms with Gasteiger partial charge in [0.1, 0.15) is 5.76 Å². The van der Waals surface area contributed by atoms with E-state index in [0.717, 1.165) is 12.2 Å². The van der Waals surface area contributed by atoms with Crippen LogP contribution < -0.4 is 5.32 Å². The minimum absolute atomic E-state index is 0.00941. The SMILES string of the molecule is Cc1cc(NC(=O)CN(C)C(=O)CSCCC(C)C)no1. The summed E-state index contributed by atoms with van der Waals surface area (Å²) in [6, 6.07) is 1.63. The Bertz CT molecular complexity index is 474. The summed E-state index contributed by atoms with van der Waals surface area (Å²) in [5, 5.41) is 6.26. The lowest BCUT2D eigenvalue weighted by Gasteiger charge is -2.16. The molecule has 0 aromatic carbocycles. The van der Waals surface area contributed by atoms with E-state index in [1.165, 1.54) is 4.90 Å². The number of likely N-dealkylation sites (N-methyl/N-ethyl adjacent to an activating group) is 1. The molecule has 0 aliphatic carbocycles. The number of nitrogens with zero attached hydrogens (tertiary/aromatic N) is 2. The first-order chi connectivity index (χ1) is 9.88. The third kappa shape index (κ3) is 7.17. The molecule has 1 aromatic rings. The number of nitrogens with one attached hydrogen (secondary N) is 1. The van der Waals surface area contributed by atoms with E-state index in [4.69, 9.17) is 4.52 Å². The third-order valence-corrected chi connectivity index (χ3v) is 3.74. The zero-order valence-electron chi connectivity index (χ0n) is 13.0. The first-order valence-corrected chi connectivity index (χ1v) is 8.09. The summed E-state index contributed by atoms with van der Waals surface area (Å²) in [6.45, 7) is 6.07. The van der Waals surface area contributed by atoms with Crippen LogP contribution in [0.3, 0.4) is 0 Å². The second-order valence-electron chi connectivity index (χ2n) is 5.36. The van der Waals surface area contributed by atoms with Gasteiger partial charge in [-0.05, 0) is 25.0 Å². The highest BCUT2D eigenvalue weighted by Gasteiger charge is 2.14. The molecule has 0 unspecified atom stereocenters. The van der Waals surface area contributed by atoms with Crippen LogP contribution in [0.25, 0.3) is 0 Å². The van der Waals surface area contributed by atoms with Gasteiger partial charge in [0.05, 0.1) is 12.3 Å². The third-order valence-electron chi connectivity index (χ3n) is 2.77. The molecular formula is C14H23N3O3S. The molecule has 0 radical (unpaired) electrons. The molecule has 0 atom stereocenters. The fourth-order valence-corrected chi connectivity index (χ4v) is 2.68. The Hall–Kier alpha value is -1.50. The first kappa shape index (κ1) is 17.6. The molecule has 1 rings (SSSR count). The van der Waals surface area contributed by atoms with Gasteiger partial charge in [0.2, 0.25) is 11.8 Å². The number of rotatable bonds is 8. The van der Waals surface area contributed by atoms with Crippen LogP contribution in [0.15, 0.2) is 10.6 Å². The largest absolute Gasteiger partial charge is 0.360 e. The molecule has 118 valence electrons. The molecule has 0 spiro atoms. The van der Waals surface area contributed by atoms with Crippen LogP contribution in [0.4, 0.5) is 5.82 Å². The summed E-state index contributed by atoms with van der Waals surface area (Å²) < 4.78 is 4.85. The van der Waals surface area contributed by atoms with Crippen molar-refractivity contribution in [1.82, 2.24) is 10.1 Å². The Labute approximate surface area is 129 Å². The van der Waals surface area contributed by atoms with Crippen LogP contribution in [0.5, 0.6) is 0 Å². The second-order valence-corrected chi connectivity index (χ2v) is 6.46. The smallest absolute Gasteiger partial charge is 0.245 e. The van der Waals surface area contributed by atoms with Crippen molar-refractivity contribution in [3.8, 4) is 0 Å². The number of amides is 2. The number of aromatic nitrogens is 1. The van der Waals surface area contributed by atoms with E-state index in [9.17, 15) is 9.59 Å². The zero-order valence-corrected chi connectivity index (χ0v) is 13.8. The van der Waals surface area contributed by atoms with E-state index in [-0.39, 0.29) is 18.4 Å². The summed E-state index contributed by atoms with van der Waals surface area (Å²) in [4.78, 5) is 25.1. The highest BCUT2D eigenvalue weighted by atomic mass is 32.2. The topological polar surface area (TPSA) is 75.4 Å². The predicted octanol–water partition coefficient (Wildman–Crippen LogP) is 2.16. The number of hydrogen-bond donors (Lipinski definition) is 1. The first-order valence-electron chi connectivity index (χ1n) is 6.93. The van der Waals surface area contributed by atoms with Gasteiger partial charge in [-0.3, -0.25) is 9.59 Å². The van der Waals surface area contributed by atoms with Crippen molar-refractivity contribution in [2.45, 2.75) is 27.2 Å². The van der Waals surface area contributed by atoms with Gasteiger partial charge in [0.15, 0.2) is 5.82 Å². The van der Waals surface area contributed by atoms with Crippen LogP contribution in [0.2, 0.25) is 0 Å². The van der Waals surface area contributed by atoms with Crippen molar-refractivity contribution in [1.29, 1.82) is 0 Å². The molecule has 6 nitrogen and oxygen atoms in total. The van der Waals surface area contributed by atoms with Gasteiger partial charge in [-0.15, -0.1) is 0 Å². The lowest BCUT2D eigenvalue weighted by molar-refractivity contribution is -0.131. The lowest BCUT2D eigenvalue weighted by Crippen LogP contribution is -2.36. The number of carbonyl (C=O) groups excluding carboxylic acids is 2. The van der Waals surface area contributed by atoms with Crippen molar-refractivity contribution in [2.75, 3.05) is 30.4 Å². The van der Waals surface area contributed by atoms with Gasteiger partial charge in [-0.1, -0.05) is 19.0 Å². The monoisotopic (exact) mass is 313 g/mol. The van der Waals surface area contributed by atoms with Crippen molar-refractivity contribution in [2.24, 2.45) is 5.92 Å². The maximum absolute atomic E-state index is 11.9. The van der Waals surface area contributed by atoms with E-state index < -0.39 is 0 Å². The van der Waals surface area contributed by atoms with Crippen molar-refractivity contribution in [3.63, 3.8) is 0 Å². The molecule has 21 heavy (non-hydrogen) atoms. The number of hydrogen-bond acceptors (Lipinski definition) is 5. The quantitative estimate of drug-likeness (QED) is 0.744. The summed E-state index contributed by atoms with van der Waals surface area (Å²) in [5.41, 5.74) is 0. The summed E-state index contributed by atoms with van der Waals surface area (Å²) in [7, 11) is 1.62. The fraction of sp³-hybridized carbons (Fsp3) is 0.643. The zero-order chi connectivity index (χ0) is 15.8. The summed E-state index contributed by atoms with van der Waals surface area (Å²) in [5.74, 6) is 2.66. The summed E-state index contributed by atoms with van der Waals surface area (Å²) in [6.07, 6.45) is 1.09. The van der Waals surface area contributed by atoms with Crippen molar-refractivity contribution < 1.29 is 14.1 Å². The molecule has 1 heterocycles. The predicted molar refractivity (Wildman–Crippen MR) is 84.3 cm³/mol. The standard InChI is InChI=1S/C14H23N3O3S/c1-10(2)5-6-21-9-14(19)17(4)8-13(18)15-12-7-11(3)20-16-12/h7,10H,5-6,8-9H2,1-4H3,(H,15,16,18). The molecular weight excluding hydrogens is 290 g/mol. The van der Waals surface area contributed by atoms with E-state index in [1.54, 1.807) is 31.8 Å². The average Bonchev–Trinajstić information content (AvgIpc) is 2.79. The van der Waals surface area contributed by atoms with E-state index in [0.29, 0.717) is 23.2 Å². The van der Waals surface area contributed by atoms with Crippen molar-refractivity contribution >= 4 is 29.4 Å². The van der Waals surface area contributed by atoms with E-state index in [1.807, 2.05) is 0 Å². The Morgan fingerprint density at radius 1 is 1.48 bits per heavy atom. The van der Waals surface area contributed by atoms with Crippen LogP contribution in [0.1, 0.15) is 26.0 Å². The molecule has 0 saturated carbocycles. The molecule has 7 heteroatoms. The maximum Gasteiger partial charge on any atom is 0.245 e. The fourth-order valence-electron chi connectivity index (χ4n) is 1.50. The van der Waals surface area contributed by atoms with Crippen LogP contribution in [-0.2, 0) is 9.59 Å². The molecule has 1 N–H and O–H groups in total. The van der Waals surface area contributed by atoms with Gasteiger partial charge in [-0.25, -0.2) is 0 Å². The highest BCUT2D eigenvalue weighted by molar-refractivity contribution is 7.99. The van der Waals surface area contributed by atoms with E-state index in [2.05, 4.69) is 24.3 Å². The summed E-state index contributed by atoms with van der Waals surface area (Å²) >= 11 is 1.60. The molecule has 0 aliphatic rings. The number of anilines is 1. The van der Waals surface area contributed by atoms with Gasteiger partial charge >= 0.3 is 0 Å². The minimum Gasteiger partial charge on any atom is -0.360 e. The van der Waals surface area contributed by atoms with Gasteiger partial charge in [-0.2, -0.15) is 11.8 Å². The van der Waals surface area contributed by atoms with Crippen LogP contribution >= 0.6 is 11.8 Å². The second kappa shape index (κ2) is 8.71.